The van der Waals surface area contributed by atoms with E-state index in [4.69, 9.17) is 0 Å². The number of sulfonamides is 1. The first-order valence-corrected chi connectivity index (χ1v) is 11.6. The molecule has 1 aromatic heterocycles. The molecular formula is C18H25N5O3S2. The van der Waals surface area contributed by atoms with Gasteiger partial charge in [0.05, 0.1) is 10.6 Å². The van der Waals surface area contributed by atoms with E-state index in [1.54, 1.807) is 25.1 Å². The number of hydrogen-bond donors (Lipinski definition) is 1. The summed E-state index contributed by atoms with van der Waals surface area (Å²) in [5.41, 5.74) is 1.15. The second kappa shape index (κ2) is 8.62. The molecule has 1 fully saturated rings. The van der Waals surface area contributed by atoms with Crippen molar-refractivity contribution < 1.29 is 13.2 Å². The lowest BCUT2D eigenvalue weighted by Crippen LogP contribution is -2.36. The zero-order valence-corrected chi connectivity index (χ0v) is 17.9. The summed E-state index contributed by atoms with van der Waals surface area (Å²) in [6.07, 6.45) is 2.82. The number of benzene rings is 1. The molecule has 0 aliphatic carbocycles. The predicted octanol–water partition coefficient (Wildman–Crippen LogP) is 2.34. The number of aryl methyl sites for hydroxylation is 2. The molecule has 1 amide bonds. The van der Waals surface area contributed by atoms with Crippen molar-refractivity contribution in [3.8, 4) is 0 Å². The predicted molar refractivity (Wildman–Crippen MR) is 109 cm³/mol. The summed E-state index contributed by atoms with van der Waals surface area (Å²) in [7, 11) is -1.71. The number of carbonyl (C=O) groups is 1. The van der Waals surface area contributed by atoms with Crippen molar-refractivity contribution in [3.05, 3.63) is 29.6 Å². The Morgan fingerprint density at radius 1 is 1.18 bits per heavy atom. The van der Waals surface area contributed by atoms with E-state index in [9.17, 15) is 13.2 Å². The molecule has 8 nitrogen and oxygen atoms in total. The fraction of sp³-hybridized carbons (Fsp3) is 0.500. The zero-order valence-electron chi connectivity index (χ0n) is 16.3. The van der Waals surface area contributed by atoms with Crippen molar-refractivity contribution in [3.63, 3.8) is 0 Å². The van der Waals surface area contributed by atoms with Crippen LogP contribution in [0.15, 0.2) is 28.3 Å². The number of nitrogens with one attached hydrogen (secondary N) is 1. The molecule has 2 aromatic rings. The maximum atomic E-state index is 13.0. The van der Waals surface area contributed by atoms with Crippen LogP contribution < -0.4 is 5.32 Å². The van der Waals surface area contributed by atoms with Crippen LogP contribution in [0.4, 0.5) is 5.69 Å². The second-order valence-corrected chi connectivity index (χ2v) is 9.72. The maximum absolute atomic E-state index is 13.0. The van der Waals surface area contributed by atoms with Gasteiger partial charge in [0.25, 0.3) is 0 Å². The van der Waals surface area contributed by atoms with Gasteiger partial charge in [0.1, 0.15) is 5.82 Å². The van der Waals surface area contributed by atoms with Crippen molar-refractivity contribution in [2.45, 2.75) is 43.2 Å². The number of anilines is 1. The van der Waals surface area contributed by atoms with Crippen LogP contribution >= 0.6 is 11.8 Å². The SMILES string of the molecule is Cc1ccc(NC(=O)CSc2nnc(C)n2C)cc1S(=O)(=O)N1CCCCC1. The lowest BCUT2D eigenvalue weighted by atomic mass is 10.2. The van der Waals surface area contributed by atoms with E-state index in [1.165, 1.54) is 16.1 Å². The molecule has 0 radical (unpaired) electrons. The number of thioether (sulfide) groups is 1. The monoisotopic (exact) mass is 423 g/mol. The summed E-state index contributed by atoms with van der Waals surface area (Å²) >= 11 is 1.28. The first-order valence-electron chi connectivity index (χ1n) is 9.18. The molecule has 0 unspecified atom stereocenters. The van der Waals surface area contributed by atoms with Crippen molar-refractivity contribution in [2.24, 2.45) is 7.05 Å². The van der Waals surface area contributed by atoms with Gasteiger partial charge in [-0.05, 0) is 44.4 Å². The molecule has 2 heterocycles. The number of hydrogen-bond acceptors (Lipinski definition) is 6. The zero-order chi connectivity index (χ0) is 20.3. The van der Waals surface area contributed by atoms with Crippen molar-refractivity contribution in [1.29, 1.82) is 0 Å². The molecule has 0 saturated carbocycles. The highest BCUT2D eigenvalue weighted by atomic mass is 32.2. The standard InChI is InChI=1S/C18H25N5O3S2/c1-13-7-8-15(11-16(13)28(25,26)23-9-5-4-6-10-23)19-17(24)12-27-18-21-20-14(2)22(18)3/h7-8,11H,4-6,9-10,12H2,1-3H3,(H,19,24). The molecule has 10 heteroatoms. The normalized spacial score (nSPS) is 15.5. The van der Waals surface area contributed by atoms with Crippen LogP contribution in [0.3, 0.4) is 0 Å². The number of nitrogens with zero attached hydrogens (tertiary/aromatic N) is 4. The Labute approximate surface area is 169 Å². The molecule has 1 aliphatic rings. The van der Waals surface area contributed by atoms with E-state index in [-0.39, 0.29) is 16.6 Å². The smallest absolute Gasteiger partial charge is 0.243 e. The fourth-order valence-electron chi connectivity index (χ4n) is 3.04. The Morgan fingerprint density at radius 3 is 2.54 bits per heavy atom. The van der Waals surface area contributed by atoms with Gasteiger partial charge in [0.15, 0.2) is 5.16 Å². The number of aromatic nitrogens is 3. The average molecular weight is 424 g/mol. The largest absolute Gasteiger partial charge is 0.325 e. The summed E-state index contributed by atoms with van der Waals surface area (Å²) in [5.74, 6) is 0.707. The fourth-order valence-corrected chi connectivity index (χ4v) is 5.57. The molecule has 28 heavy (non-hydrogen) atoms. The van der Waals surface area contributed by atoms with E-state index >= 15 is 0 Å². The Bertz CT molecular complexity index is 966. The number of carbonyl (C=O) groups excluding carboxylic acids is 1. The van der Waals surface area contributed by atoms with Gasteiger partial charge < -0.3 is 9.88 Å². The quantitative estimate of drug-likeness (QED) is 0.716. The molecule has 152 valence electrons. The third kappa shape index (κ3) is 4.56. The molecule has 1 N–H and O–H groups in total. The van der Waals surface area contributed by atoms with Crippen LogP contribution in [-0.2, 0) is 21.9 Å². The Morgan fingerprint density at radius 2 is 1.89 bits per heavy atom. The third-order valence-electron chi connectivity index (χ3n) is 4.79. The van der Waals surface area contributed by atoms with E-state index in [0.29, 0.717) is 29.5 Å². The van der Waals surface area contributed by atoms with E-state index in [1.807, 2.05) is 18.5 Å². The minimum atomic E-state index is -3.55. The van der Waals surface area contributed by atoms with Gasteiger partial charge in [-0.15, -0.1) is 10.2 Å². The van der Waals surface area contributed by atoms with Gasteiger partial charge in [0.2, 0.25) is 15.9 Å². The van der Waals surface area contributed by atoms with Crippen LogP contribution in [0, 0.1) is 13.8 Å². The Hall–Kier alpha value is -1.91. The van der Waals surface area contributed by atoms with Crippen molar-refractivity contribution >= 4 is 33.4 Å². The van der Waals surface area contributed by atoms with Crippen molar-refractivity contribution in [2.75, 3.05) is 24.2 Å². The van der Waals surface area contributed by atoms with Crippen LogP contribution in [0.1, 0.15) is 30.7 Å². The molecule has 0 spiro atoms. The average Bonchev–Trinajstić information content (AvgIpc) is 3.00. The van der Waals surface area contributed by atoms with E-state index < -0.39 is 10.0 Å². The van der Waals surface area contributed by atoms with Crippen LogP contribution in [0.2, 0.25) is 0 Å². The molecule has 3 rings (SSSR count). The van der Waals surface area contributed by atoms with Gasteiger partial charge in [-0.3, -0.25) is 4.79 Å². The lowest BCUT2D eigenvalue weighted by Gasteiger charge is -2.26. The molecule has 0 bridgehead atoms. The van der Waals surface area contributed by atoms with Gasteiger partial charge in [-0.2, -0.15) is 4.31 Å². The molecule has 0 atom stereocenters. The van der Waals surface area contributed by atoms with Gasteiger partial charge in [-0.1, -0.05) is 24.2 Å². The third-order valence-corrected chi connectivity index (χ3v) is 7.85. The molecular weight excluding hydrogens is 398 g/mol. The molecule has 1 saturated heterocycles. The topological polar surface area (TPSA) is 97.2 Å². The summed E-state index contributed by atoms with van der Waals surface area (Å²) in [6, 6.07) is 5.00. The van der Waals surface area contributed by atoms with Gasteiger partial charge in [0, 0.05) is 25.8 Å². The summed E-state index contributed by atoms with van der Waals surface area (Å²) in [4.78, 5) is 12.6. The Balaban J connectivity index is 1.70. The van der Waals surface area contributed by atoms with Gasteiger partial charge in [-0.25, -0.2) is 8.42 Å². The van der Waals surface area contributed by atoms with Gasteiger partial charge >= 0.3 is 0 Å². The first-order chi connectivity index (χ1) is 13.3. The van der Waals surface area contributed by atoms with E-state index in [2.05, 4.69) is 15.5 Å². The second-order valence-electron chi connectivity index (χ2n) is 6.87. The number of piperidine rings is 1. The van der Waals surface area contributed by atoms with Crippen molar-refractivity contribution in [1.82, 2.24) is 19.1 Å². The summed E-state index contributed by atoms with van der Waals surface area (Å²) in [6.45, 7) is 4.71. The van der Waals surface area contributed by atoms with E-state index in [0.717, 1.165) is 25.1 Å². The number of amides is 1. The maximum Gasteiger partial charge on any atom is 0.243 e. The first kappa shape index (κ1) is 20.8. The van der Waals surface area contributed by atoms with Crippen LogP contribution in [0.5, 0.6) is 0 Å². The van der Waals surface area contributed by atoms with Crippen LogP contribution in [0.25, 0.3) is 0 Å². The highest BCUT2D eigenvalue weighted by Gasteiger charge is 2.27. The summed E-state index contributed by atoms with van der Waals surface area (Å²) < 4.78 is 29.3. The minimum Gasteiger partial charge on any atom is -0.325 e. The molecule has 1 aromatic carbocycles. The summed E-state index contributed by atoms with van der Waals surface area (Å²) in [5, 5.41) is 11.4. The lowest BCUT2D eigenvalue weighted by molar-refractivity contribution is -0.113. The minimum absolute atomic E-state index is 0.161. The molecule has 1 aliphatic heterocycles. The highest BCUT2D eigenvalue weighted by molar-refractivity contribution is 7.99. The number of rotatable bonds is 6. The Kier molecular flexibility index (Phi) is 6.41. The van der Waals surface area contributed by atoms with Crippen LogP contribution in [-0.4, -0.2) is 52.2 Å². The highest BCUT2D eigenvalue weighted by Crippen LogP contribution is 2.26.